The molecule has 0 N–H and O–H groups in total. The molecule has 1 saturated heterocycles. The van der Waals surface area contributed by atoms with E-state index in [1.807, 2.05) is 0 Å². The maximum absolute atomic E-state index is 12.6. The van der Waals surface area contributed by atoms with Crippen molar-refractivity contribution in [2.45, 2.75) is 25.8 Å². The van der Waals surface area contributed by atoms with Crippen LogP contribution in [0.15, 0.2) is 18.2 Å². The van der Waals surface area contributed by atoms with Crippen LogP contribution in [0.4, 0.5) is 5.69 Å². The first-order valence-electron chi connectivity index (χ1n) is 7.79. The summed E-state index contributed by atoms with van der Waals surface area (Å²) >= 11 is 0. The lowest BCUT2D eigenvalue weighted by atomic mass is 10.2. The van der Waals surface area contributed by atoms with Crippen LogP contribution in [0.1, 0.15) is 19.8 Å². The summed E-state index contributed by atoms with van der Waals surface area (Å²) in [4.78, 5) is 14.4. The predicted molar refractivity (Wildman–Crippen MR) is 92.1 cm³/mol. The molecule has 0 aromatic heterocycles. The molecule has 1 aromatic rings. The maximum Gasteiger partial charge on any atom is 0.246 e. The Morgan fingerprint density at radius 1 is 1.17 bits per heavy atom. The topological polar surface area (TPSA) is 76.2 Å². The fraction of sp³-hybridized carbons (Fsp3) is 0.562. The van der Waals surface area contributed by atoms with Gasteiger partial charge in [0.05, 0.1) is 26.2 Å². The van der Waals surface area contributed by atoms with Crippen molar-refractivity contribution < 1.29 is 22.7 Å². The highest BCUT2D eigenvalue weighted by Crippen LogP contribution is 2.33. The van der Waals surface area contributed by atoms with Crippen molar-refractivity contribution in [2.24, 2.45) is 0 Å². The highest BCUT2D eigenvalue weighted by Gasteiger charge is 2.33. The van der Waals surface area contributed by atoms with Gasteiger partial charge in [-0.3, -0.25) is 9.10 Å². The number of benzene rings is 1. The van der Waals surface area contributed by atoms with E-state index in [1.165, 1.54) is 14.2 Å². The number of carbonyl (C=O) groups is 1. The van der Waals surface area contributed by atoms with Gasteiger partial charge in [0.2, 0.25) is 15.9 Å². The minimum atomic E-state index is -3.65. The van der Waals surface area contributed by atoms with Crippen LogP contribution >= 0.6 is 0 Å². The molecule has 2 rings (SSSR count). The molecule has 1 fully saturated rings. The van der Waals surface area contributed by atoms with Crippen LogP contribution in [0.5, 0.6) is 11.5 Å². The summed E-state index contributed by atoms with van der Waals surface area (Å²) in [6, 6.07) is 3.97. The number of hydrogen-bond acceptors (Lipinski definition) is 5. The highest BCUT2D eigenvalue weighted by molar-refractivity contribution is 7.92. The van der Waals surface area contributed by atoms with E-state index in [-0.39, 0.29) is 5.91 Å². The molecule has 1 aliphatic rings. The molecule has 1 aliphatic heterocycles. The normalized spacial score (nSPS) is 15.9. The molecule has 0 unspecified atom stereocenters. The minimum Gasteiger partial charge on any atom is -0.493 e. The summed E-state index contributed by atoms with van der Waals surface area (Å²) in [5, 5.41) is 0. The molecule has 1 aromatic carbocycles. The number of hydrogen-bond donors (Lipinski definition) is 0. The Morgan fingerprint density at radius 3 is 2.25 bits per heavy atom. The molecule has 7 nitrogen and oxygen atoms in total. The second-order valence-corrected chi connectivity index (χ2v) is 7.67. The third-order valence-electron chi connectivity index (χ3n) is 4.11. The molecule has 1 amide bonds. The van der Waals surface area contributed by atoms with Crippen molar-refractivity contribution in [1.82, 2.24) is 4.90 Å². The zero-order valence-electron chi connectivity index (χ0n) is 14.5. The van der Waals surface area contributed by atoms with Gasteiger partial charge >= 0.3 is 0 Å². The summed E-state index contributed by atoms with van der Waals surface area (Å²) in [6.07, 6.45) is 3.00. The van der Waals surface area contributed by atoms with Gasteiger partial charge in [0, 0.05) is 19.2 Å². The van der Waals surface area contributed by atoms with Crippen LogP contribution in [0, 0.1) is 0 Å². The van der Waals surface area contributed by atoms with Gasteiger partial charge in [-0.1, -0.05) is 0 Å². The predicted octanol–water partition coefficient (Wildman–Crippen LogP) is 1.48. The van der Waals surface area contributed by atoms with E-state index in [9.17, 15) is 13.2 Å². The van der Waals surface area contributed by atoms with Gasteiger partial charge < -0.3 is 14.4 Å². The molecule has 24 heavy (non-hydrogen) atoms. The third-order valence-corrected chi connectivity index (χ3v) is 5.35. The van der Waals surface area contributed by atoms with Crippen LogP contribution < -0.4 is 13.8 Å². The van der Waals surface area contributed by atoms with Crippen LogP contribution in [-0.4, -0.2) is 58.8 Å². The molecule has 0 bridgehead atoms. The molecule has 1 atom stereocenters. The Bertz CT molecular complexity index is 698. The number of rotatable bonds is 6. The first-order valence-corrected chi connectivity index (χ1v) is 9.64. The van der Waals surface area contributed by atoms with Crippen LogP contribution in [0.3, 0.4) is 0 Å². The molecule has 1 heterocycles. The number of amides is 1. The maximum atomic E-state index is 12.6. The summed E-state index contributed by atoms with van der Waals surface area (Å²) in [6.45, 7) is 2.96. The third kappa shape index (κ3) is 3.75. The first kappa shape index (κ1) is 18.4. The van der Waals surface area contributed by atoms with E-state index in [2.05, 4.69) is 0 Å². The molecular formula is C16H24N2O5S. The number of carbonyl (C=O) groups excluding carboxylic acids is 1. The summed E-state index contributed by atoms with van der Waals surface area (Å²) in [5.41, 5.74) is 0.371. The van der Waals surface area contributed by atoms with E-state index < -0.39 is 16.1 Å². The Balaban J connectivity index is 2.40. The zero-order valence-corrected chi connectivity index (χ0v) is 15.3. The lowest BCUT2D eigenvalue weighted by molar-refractivity contribution is -0.130. The standard InChI is InChI=1S/C16H24N2O5S/c1-12(16(19)17-9-5-6-10-17)18(24(4,20)21)13-7-8-14(22-2)15(11-13)23-3/h7-8,11-12H,5-6,9-10H2,1-4H3/t12-/m1/s1. The first-order chi connectivity index (χ1) is 11.3. The second kappa shape index (κ2) is 7.29. The van der Waals surface area contributed by atoms with Crippen molar-refractivity contribution in [3.8, 4) is 11.5 Å². The van der Waals surface area contributed by atoms with Gasteiger partial charge in [-0.2, -0.15) is 0 Å². The lowest BCUT2D eigenvalue weighted by Gasteiger charge is -2.31. The van der Waals surface area contributed by atoms with Gasteiger partial charge in [-0.25, -0.2) is 8.42 Å². The van der Waals surface area contributed by atoms with Gasteiger partial charge in [-0.15, -0.1) is 0 Å². The van der Waals surface area contributed by atoms with Crippen molar-refractivity contribution in [3.63, 3.8) is 0 Å². The quantitative estimate of drug-likeness (QED) is 0.772. The summed E-state index contributed by atoms with van der Waals surface area (Å²) in [7, 11) is -0.664. The number of likely N-dealkylation sites (tertiary alicyclic amines) is 1. The summed E-state index contributed by atoms with van der Waals surface area (Å²) < 4.78 is 36.2. The van der Waals surface area contributed by atoms with Crippen LogP contribution in [0.2, 0.25) is 0 Å². The number of anilines is 1. The zero-order chi connectivity index (χ0) is 17.9. The van der Waals surface area contributed by atoms with Crippen molar-refractivity contribution >= 4 is 21.6 Å². The highest BCUT2D eigenvalue weighted by atomic mass is 32.2. The molecule has 0 aliphatic carbocycles. The van der Waals surface area contributed by atoms with Gasteiger partial charge in [0.1, 0.15) is 6.04 Å². The number of ether oxygens (including phenoxy) is 2. The van der Waals surface area contributed by atoms with Crippen molar-refractivity contribution in [3.05, 3.63) is 18.2 Å². The largest absolute Gasteiger partial charge is 0.493 e. The molecular weight excluding hydrogens is 332 g/mol. The van der Waals surface area contributed by atoms with Crippen LogP contribution in [0.25, 0.3) is 0 Å². The number of nitrogens with zero attached hydrogens (tertiary/aromatic N) is 2. The number of methoxy groups -OCH3 is 2. The fourth-order valence-corrected chi connectivity index (χ4v) is 4.13. The smallest absolute Gasteiger partial charge is 0.246 e. The van der Waals surface area contributed by atoms with Crippen molar-refractivity contribution in [1.29, 1.82) is 0 Å². The van der Waals surface area contributed by atoms with E-state index in [4.69, 9.17) is 9.47 Å². The summed E-state index contributed by atoms with van der Waals surface area (Å²) in [5.74, 6) is 0.713. The Kier molecular flexibility index (Phi) is 5.58. The van der Waals surface area contributed by atoms with E-state index in [0.717, 1.165) is 23.4 Å². The molecule has 0 radical (unpaired) electrons. The minimum absolute atomic E-state index is 0.187. The SMILES string of the molecule is COc1ccc(N([C@H](C)C(=O)N2CCCC2)S(C)(=O)=O)cc1OC. The molecule has 0 spiro atoms. The lowest BCUT2D eigenvalue weighted by Crippen LogP contribution is -2.48. The Labute approximate surface area is 143 Å². The van der Waals surface area contributed by atoms with E-state index in [0.29, 0.717) is 30.3 Å². The van der Waals surface area contributed by atoms with E-state index >= 15 is 0 Å². The van der Waals surface area contributed by atoms with Gasteiger partial charge in [-0.05, 0) is 31.9 Å². The fourth-order valence-electron chi connectivity index (χ4n) is 2.97. The molecule has 8 heteroatoms. The second-order valence-electron chi connectivity index (χ2n) is 5.81. The Morgan fingerprint density at radius 2 is 1.75 bits per heavy atom. The van der Waals surface area contributed by atoms with Gasteiger partial charge in [0.15, 0.2) is 11.5 Å². The van der Waals surface area contributed by atoms with Gasteiger partial charge in [0.25, 0.3) is 0 Å². The van der Waals surface area contributed by atoms with Crippen LogP contribution in [-0.2, 0) is 14.8 Å². The molecule has 134 valence electrons. The molecule has 0 saturated carbocycles. The van der Waals surface area contributed by atoms with Crippen molar-refractivity contribution in [2.75, 3.05) is 37.9 Å². The van der Waals surface area contributed by atoms with E-state index in [1.54, 1.807) is 30.0 Å². The average molecular weight is 356 g/mol. The number of sulfonamides is 1. The Hall–Kier alpha value is -1.96. The monoisotopic (exact) mass is 356 g/mol. The average Bonchev–Trinajstić information content (AvgIpc) is 3.07.